The van der Waals surface area contributed by atoms with E-state index in [0.717, 1.165) is 12.0 Å². The standard InChI is InChI=1S/C19H30O3Si/c1-6-22-18(20)12-16-11-14(7-10-17(16)15-8-9-15)13-19(2,3)23(4,5)21/h7,10-11,15,21H,6,8-9,12-13H2,1-5H3. The highest BCUT2D eigenvalue weighted by Gasteiger charge is 2.38. The lowest BCUT2D eigenvalue weighted by molar-refractivity contribution is -0.142. The summed E-state index contributed by atoms with van der Waals surface area (Å²) in [4.78, 5) is 22.4. The van der Waals surface area contributed by atoms with Crippen molar-refractivity contribution in [3.8, 4) is 0 Å². The van der Waals surface area contributed by atoms with Gasteiger partial charge in [0.05, 0.1) is 13.0 Å². The fourth-order valence-electron chi connectivity index (χ4n) is 2.81. The molecule has 1 aliphatic rings. The van der Waals surface area contributed by atoms with Crippen molar-refractivity contribution in [1.82, 2.24) is 0 Å². The van der Waals surface area contributed by atoms with Crippen LogP contribution in [0, 0.1) is 0 Å². The molecule has 0 amide bonds. The molecule has 1 aromatic rings. The first-order chi connectivity index (χ1) is 10.6. The van der Waals surface area contributed by atoms with Gasteiger partial charge in [0.2, 0.25) is 0 Å². The Bertz CT molecular complexity index is 568. The molecule has 1 fully saturated rings. The number of rotatable bonds is 7. The second-order valence-corrected chi connectivity index (χ2v) is 12.4. The molecular formula is C19H30O3Si. The average Bonchev–Trinajstić information content (AvgIpc) is 3.21. The third kappa shape index (κ3) is 4.67. The monoisotopic (exact) mass is 334 g/mol. The van der Waals surface area contributed by atoms with Crippen LogP contribution >= 0.6 is 0 Å². The predicted molar refractivity (Wildman–Crippen MR) is 96.2 cm³/mol. The molecule has 4 heteroatoms. The zero-order valence-electron chi connectivity index (χ0n) is 15.1. The average molecular weight is 335 g/mol. The molecule has 1 N–H and O–H groups in total. The highest BCUT2D eigenvalue weighted by atomic mass is 28.4. The number of hydrogen-bond acceptors (Lipinski definition) is 3. The first-order valence-corrected chi connectivity index (χ1v) is 11.6. The topological polar surface area (TPSA) is 46.5 Å². The molecule has 0 aliphatic heterocycles. The summed E-state index contributed by atoms with van der Waals surface area (Å²) < 4.78 is 5.12. The Labute approximate surface area is 141 Å². The maximum atomic E-state index is 11.9. The van der Waals surface area contributed by atoms with Gasteiger partial charge in [0.15, 0.2) is 8.32 Å². The molecule has 0 aromatic heterocycles. The van der Waals surface area contributed by atoms with Crippen molar-refractivity contribution in [2.24, 2.45) is 0 Å². The van der Waals surface area contributed by atoms with Gasteiger partial charge >= 0.3 is 5.97 Å². The van der Waals surface area contributed by atoms with Gasteiger partial charge in [-0.25, -0.2) is 0 Å². The molecule has 3 nitrogen and oxygen atoms in total. The van der Waals surface area contributed by atoms with E-state index in [-0.39, 0.29) is 11.0 Å². The van der Waals surface area contributed by atoms with E-state index in [2.05, 4.69) is 32.0 Å². The SMILES string of the molecule is CCOC(=O)Cc1cc(CC(C)(C)[Si](C)(C)O)ccc1C1CC1. The van der Waals surface area contributed by atoms with Gasteiger partial charge in [-0.15, -0.1) is 0 Å². The smallest absolute Gasteiger partial charge is 0.310 e. The molecule has 0 heterocycles. The Balaban J connectivity index is 2.24. The Hall–Kier alpha value is -1.13. The Morgan fingerprint density at radius 3 is 2.52 bits per heavy atom. The van der Waals surface area contributed by atoms with Gasteiger partial charge in [-0.2, -0.15) is 0 Å². The second-order valence-electron chi connectivity index (χ2n) is 7.91. The third-order valence-electron chi connectivity index (χ3n) is 5.17. The van der Waals surface area contributed by atoms with Gasteiger partial charge < -0.3 is 9.53 Å². The molecule has 0 unspecified atom stereocenters. The molecule has 1 aromatic carbocycles. The fourth-order valence-corrected chi connectivity index (χ4v) is 3.45. The van der Waals surface area contributed by atoms with Crippen molar-refractivity contribution < 1.29 is 14.3 Å². The normalized spacial score (nSPS) is 15.6. The van der Waals surface area contributed by atoms with Crippen LogP contribution in [0.1, 0.15) is 56.2 Å². The minimum absolute atomic E-state index is 0.102. The second kappa shape index (κ2) is 6.77. The van der Waals surface area contributed by atoms with Gasteiger partial charge in [0, 0.05) is 0 Å². The summed E-state index contributed by atoms with van der Waals surface area (Å²) in [6.45, 7) is 10.5. The number of carbonyl (C=O) groups excluding carboxylic acids is 1. The number of benzene rings is 1. The van der Waals surface area contributed by atoms with Crippen LogP contribution in [0.25, 0.3) is 0 Å². The molecule has 2 rings (SSSR count). The molecule has 0 bridgehead atoms. The summed E-state index contributed by atoms with van der Waals surface area (Å²) in [5, 5.41) is -0.102. The van der Waals surface area contributed by atoms with Gasteiger partial charge in [-0.1, -0.05) is 32.0 Å². The highest BCUT2D eigenvalue weighted by molar-refractivity contribution is 6.72. The maximum Gasteiger partial charge on any atom is 0.310 e. The summed E-state index contributed by atoms with van der Waals surface area (Å²) >= 11 is 0. The molecular weight excluding hydrogens is 304 g/mol. The summed E-state index contributed by atoms with van der Waals surface area (Å²) in [6, 6.07) is 6.51. The van der Waals surface area contributed by atoms with Crippen molar-refractivity contribution in [2.75, 3.05) is 6.61 Å². The van der Waals surface area contributed by atoms with Gasteiger partial charge in [0.1, 0.15) is 0 Å². The fraction of sp³-hybridized carbons (Fsp3) is 0.632. The minimum atomic E-state index is -2.24. The molecule has 0 radical (unpaired) electrons. The molecule has 0 spiro atoms. The first kappa shape index (κ1) is 18.2. The third-order valence-corrected chi connectivity index (χ3v) is 8.66. The summed E-state index contributed by atoms with van der Waals surface area (Å²) in [5.74, 6) is 0.466. The van der Waals surface area contributed by atoms with Gasteiger partial charge in [-0.3, -0.25) is 4.79 Å². The van der Waals surface area contributed by atoms with E-state index in [9.17, 15) is 9.59 Å². The number of carbonyl (C=O) groups is 1. The molecule has 23 heavy (non-hydrogen) atoms. The van der Waals surface area contributed by atoms with Gasteiger partial charge in [0.25, 0.3) is 0 Å². The summed E-state index contributed by atoms with van der Waals surface area (Å²) in [6.07, 6.45) is 3.63. The predicted octanol–water partition coefficient (Wildman–Crippen LogP) is 4.19. The van der Waals surface area contributed by atoms with Crippen molar-refractivity contribution in [3.05, 3.63) is 34.9 Å². The summed E-state index contributed by atoms with van der Waals surface area (Å²) in [5.41, 5.74) is 3.62. The Morgan fingerprint density at radius 2 is 2.00 bits per heavy atom. The maximum absolute atomic E-state index is 11.9. The molecule has 1 aliphatic carbocycles. The van der Waals surface area contributed by atoms with E-state index in [1.54, 1.807) is 0 Å². The van der Waals surface area contributed by atoms with Gasteiger partial charge in [-0.05, 0) is 66.9 Å². The number of esters is 1. The van der Waals surface area contributed by atoms with Crippen LogP contribution in [0.5, 0.6) is 0 Å². The molecule has 0 saturated heterocycles. The van der Waals surface area contributed by atoms with Crippen molar-refractivity contribution in [3.63, 3.8) is 0 Å². The zero-order chi connectivity index (χ0) is 17.3. The van der Waals surface area contributed by atoms with E-state index in [1.165, 1.54) is 24.0 Å². The van der Waals surface area contributed by atoms with Crippen molar-refractivity contribution >= 4 is 14.3 Å². The van der Waals surface area contributed by atoms with Crippen LogP contribution in [0.2, 0.25) is 18.1 Å². The lowest BCUT2D eigenvalue weighted by Gasteiger charge is -2.35. The van der Waals surface area contributed by atoms with Crippen molar-refractivity contribution in [2.45, 2.75) is 70.5 Å². The Morgan fingerprint density at radius 1 is 1.35 bits per heavy atom. The molecule has 0 atom stereocenters. The highest BCUT2D eigenvalue weighted by Crippen LogP contribution is 2.43. The zero-order valence-corrected chi connectivity index (χ0v) is 16.1. The van der Waals surface area contributed by atoms with Crippen LogP contribution in [-0.2, 0) is 22.4 Å². The Kier molecular flexibility index (Phi) is 5.36. The summed E-state index contributed by atoms with van der Waals surface area (Å²) in [7, 11) is -2.24. The van der Waals surface area contributed by atoms with E-state index < -0.39 is 8.32 Å². The lowest BCUT2D eigenvalue weighted by Crippen LogP contribution is -2.40. The lowest BCUT2D eigenvalue weighted by atomic mass is 9.94. The molecule has 128 valence electrons. The van der Waals surface area contributed by atoms with Crippen LogP contribution in [0.15, 0.2) is 18.2 Å². The first-order valence-electron chi connectivity index (χ1n) is 8.64. The van der Waals surface area contributed by atoms with E-state index in [0.29, 0.717) is 18.9 Å². The van der Waals surface area contributed by atoms with E-state index >= 15 is 0 Å². The van der Waals surface area contributed by atoms with Crippen molar-refractivity contribution in [1.29, 1.82) is 0 Å². The minimum Gasteiger partial charge on any atom is -0.466 e. The number of hydrogen-bond donors (Lipinski definition) is 1. The van der Waals surface area contributed by atoms with Crippen LogP contribution in [0.4, 0.5) is 0 Å². The number of ether oxygens (including phenoxy) is 1. The van der Waals surface area contributed by atoms with Crippen LogP contribution < -0.4 is 0 Å². The van der Waals surface area contributed by atoms with Crippen LogP contribution in [-0.4, -0.2) is 25.7 Å². The van der Waals surface area contributed by atoms with Crippen LogP contribution in [0.3, 0.4) is 0 Å². The largest absolute Gasteiger partial charge is 0.466 e. The van der Waals surface area contributed by atoms with E-state index in [1.807, 2.05) is 20.0 Å². The quantitative estimate of drug-likeness (QED) is 0.601. The van der Waals surface area contributed by atoms with E-state index in [4.69, 9.17) is 4.74 Å². The molecule has 1 saturated carbocycles.